The Morgan fingerprint density at radius 1 is 1.10 bits per heavy atom. The van der Waals surface area contributed by atoms with Gasteiger partial charge in [-0.3, -0.25) is 4.79 Å². The number of carbonyl (C=O) groups excluding carboxylic acids is 1. The molecule has 6 rings (SSSR count). The Morgan fingerprint density at radius 3 is 2.28 bits per heavy atom. The lowest BCUT2D eigenvalue weighted by atomic mass is 9.49. The molecule has 4 aliphatic carbocycles. The lowest BCUT2D eigenvalue weighted by molar-refractivity contribution is -0.0503. The molecule has 29 heavy (non-hydrogen) atoms. The second-order valence-corrected chi connectivity index (χ2v) is 10.5. The van der Waals surface area contributed by atoms with Crippen molar-refractivity contribution in [3.63, 3.8) is 0 Å². The summed E-state index contributed by atoms with van der Waals surface area (Å²) in [6, 6.07) is 5.43. The minimum atomic E-state index is -0.870. The number of aliphatic hydroxyl groups is 1. The van der Waals surface area contributed by atoms with Crippen LogP contribution < -0.4 is 10.6 Å². The highest BCUT2D eigenvalue weighted by molar-refractivity contribution is 6.33. The van der Waals surface area contributed by atoms with Crippen molar-refractivity contribution in [3.05, 3.63) is 34.3 Å². The smallest absolute Gasteiger partial charge is 0.252 e. The number of hydrogen-bond acceptors (Lipinski definition) is 3. The Kier molecular flexibility index (Phi) is 5.93. The van der Waals surface area contributed by atoms with E-state index in [4.69, 9.17) is 11.6 Å². The standard InChI is InChI=1S/C23H31ClN2O2.ClH/c24-20-2-1-18(23(28)3-5-25-6-4-23)10-19(20)21(27)26-14-22-11-15-7-16(12-22)9-17(8-15)13-22;/h1-2,10,15-17,25,28H,3-9,11-14H2,(H,26,27);1H. The number of halogens is 2. The lowest BCUT2D eigenvalue weighted by Crippen LogP contribution is -2.51. The van der Waals surface area contributed by atoms with Gasteiger partial charge in [-0.05, 0) is 105 Å². The number of nitrogens with one attached hydrogen (secondary N) is 2. The summed E-state index contributed by atoms with van der Waals surface area (Å²) in [5.74, 6) is 2.54. The summed E-state index contributed by atoms with van der Waals surface area (Å²) in [4.78, 5) is 13.0. The molecule has 0 atom stereocenters. The van der Waals surface area contributed by atoms with Gasteiger partial charge in [-0.2, -0.15) is 0 Å². The first-order valence-electron chi connectivity index (χ1n) is 11.0. The van der Waals surface area contributed by atoms with Crippen molar-refractivity contribution in [2.45, 2.75) is 57.0 Å². The van der Waals surface area contributed by atoms with Crippen molar-refractivity contribution in [2.24, 2.45) is 23.2 Å². The molecule has 160 valence electrons. The van der Waals surface area contributed by atoms with E-state index in [9.17, 15) is 9.90 Å². The predicted molar refractivity (Wildman–Crippen MR) is 118 cm³/mol. The van der Waals surface area contributed by atoms with Crippen molar-refractivity contribution in [3.8, 4) is 0 Å². The predicted octanol–water partition coefficient (Wildman–Crippen LogP) is 4.28. The van der Waals surface area contributed by atoms with E-state index in [0.717, 1.165) is 43.0 Å². The van der Waals surface area contributed by atoms with Gasteiger partial charge >= 0.3 is 0 Å². The fraction of sp³-hybridized carbons (Fsp3) is 0.696. The zero-order valence-electron chi connectivity index (χ0n) is 16.9. The van der Waals surface area contributed by atoms with Crippen LogP contribution in [0, 0.1) is 23.2 Å². The van der Waals surface area contributed by atoms with E-state index < -0.39 is 5.60 Å². The van der Waals surface area contributed by atoms with Crippen molar-refractivity contribution in [1.82, 2.24) is 10.6 Å². The summed E-state index contributed by atoms with van der Waals surface area (Å²) in [6.07, 6.45) is 9.38. The maximum atomic E-state index is 13.0. The van der Waals surface area contributed by atoms with Crippen LogP contribution in [0.4, 0.5) is 0 Å². The summed E-state index contributed by atoms with van der Waals surface area (Å²) in [6.45, 7) is 2.34. The molecule has 1 heterocycles. The average molecular weight is 439 g/mol. The first-order chi connectivity index (χ1) is 13.4. The Labute approximate surface area is 184 Å². The third-order valence-corrected chi connectivity index (χ3v) is 8.30. The number of hydrogen-bond donors (Lipinski definition) is 3. The summed E-state index contributed by atoms with van der Waals surface area (Å²) in [7, 11) is 0. The van der Waals surface area contributed by atoms with Gasteiger partial charge in [0.05, 0.1) is 16.2 Å². The normalized spacial score (nSPS) is 34.5. The summed E-state index contributed by atoms with van der Waals surface area (Å²) in [5, 5.41) is 18.0. The van der Waals surface area contributed by atoms with Crippen LogP contribution in [0.2, 0.25) is 5.02 Å². The SMILES string of the molecule is Cl.O=C(NCC12CC3CC(CC(C3)C1)C2)c1cc(C2(O)CCNCC2)ccc1Cl. The Hall–Kier alpha value is -0.810. The highest BCUT2D eigenvalue weighted by Crippen LogP contribution is 2.59. The molecule has 5 aliphatic rings. The fourth-order valence-corrected chi connectivity index (χ4v) is 7.19. The van der Waals surface area contributed by atoms with Crippen LogP contribution in [0.1, 0.15) is 67.3 Å². The Bertz CT molecular complexity index is 741. The molecule has 5 fully saturated rings. The van der Waals surface area contributed by atoms with Crippen LogP contribution in [0.15, 0.2) is 18.2 Å². The molecule has 0 aromatic heterocycles. The maximum absolute atomic E-state index is 13.0. The van der Waals surface area contributed by atoms with Gasteiger partial charge < -0.3 is 15.7 Å². The number of amides is 1. The van der Waals surface area contributed by atoms with Gasteiger partial charge in [-0.1, -0.05) is 17.7 Å². The van der Waals surface area contributed by atoms with Gasteiger partial charge in [0, 0.05) is 6.54 Å². The average Bonchev–Trinajstić information content (AvgIpc) is 2.66. The minimum Gasteiger partial charge on any atom is -0.385 e. The van der Waals surface area contributed by atoms with Gasteiger partial charge in [-0.25, -0.2) is 0 Å². The van der Waals surface area contributed by atoms with Crippen LogP contribution in [-0.2, 0) is 5.60 Å². The molecule has 1 saturated heterocycles. The van der Waals surface area contributed by atoms with E-state index in [1.165, 1.54) is 38.5 Å². The van der Waals surface area contributed by atoms with E-state index in [2.05, 4.69) is 10.6 Å². The van der Waals surface area contributed by atoms with Crippen molar-refractivity contribution < 1.29 is 9.90 Å². The molecule has 0 unspecified atom stereocenters. The molecular weight excluding hydrogens is 407 g/mol. The highest BCUT2D eigenvalue weighted by atomic mass is 35.5. The van der Waals surface area contributed by atoms with Gasteiger partial charge in [0.15, 0.2) is 0 Å². The van der Waals surface area contributed by atoms with E-state index in [1.54, 1.807) is 6.07 Å². The molecule has 0 radical (unpaired) electrons. The Balaban J connectivity index is 0.00000205. The number of carbonyl (C=O) groups is 1. The van der Waals surface area contributed by atoms with Crippen molar-refractivity contribution in [1.29, 1.82) is 0 Å². The molecule has 4 saturated carbocycles. The monoisotopic (exact) mass is 438 g/mol. The number of benzene rings is 1. The minimum absolute atomic E-state index is 0. The molecular formula is C23H32Cl2N2O2. The van der Waals surface area contributed by atoms with Crippen LogP contribution >= 0.6 is 24.0 Å². The zero-order chi connectivity index (χ0) is 19.4. The summed E-state index contributed by atoms with van der Waals surface area (Å²) < 4.78 is 0. The zero-order valence-corrected chi connectivity index (χ0v) is 18.5. The topological polar surface area (TPSA) is 61.4 Å². The largest absolute Gasteiger partial charge is 0.385 e. The first-order valence-corrected chi connectivity index (χ1v) is 11.3. The highest BCUT2D eigenvalue weighted by Gasteiger charge is 2.50. The van der Waals surface area contributed by atoms with Crippen LogP contribution in [0.3, 0.4) is 0 Å². The van der Waals surface area contributed by atoms with E-state index >= 15 is 0 Å². The van der Waals surface area contributed by atoms with Crippen LogP contribution in [-0.4, -0.2) is 30.6 Å². The van der Waals surface area contributed by atoms with Crippen molar-refractivity contribution >= 4 is 29.9 Å². The van der Waals surface area contributed by atoms with E-state index in [-0.39, 0.29) is 18.3 Å². The third-order valence-electron chi connectivity index (χ3n) is 7.97. The number of rotatable bonds is 4. The first kappa shape index (κ1) is 21.4. The van der Waals surface area contributed by atoms with Gasteiger partial charge in [0.25, 0.3) is 5.91 Å². The lowest BCUT2D eigenvalue weighted by Gasteiger charge is -2.56. The van der Waals surface area contributed by atoms with Crippen LogP contribution in [0.25, 0.3) is 0 Å². The number of piperidine rings is 1. The van der Waals surface area contributed by atoms with Crippen molar-refractivity contribution in [2.75, 3.05) is 19.6 Å². The second kappa shape index (κ2) is 8.03. The van der Waals surface area contributed by atoms with E-state index in [0.29, 0.717) is 28.8 Å². The summed E-state index contributed by atoms with van der Waals surface area (Å²) >= 11 is 6.38. The molecule has 1 aromatic rings. The molecule has 1 aliphatic heterocycles. The van der Waals surface area contributed by atoms with Crippen LogP contribution in [0.5, 0.6) is 0 Å². The summed E-state index contributed by atoms with van der Waals surface area (Å²) in [5.41, 5.74) is 0.737. The van der Waals surface area contributed by atoms with Gasteiger partial charge in [0.2, 0.25) is 0 Å². The maximum Gasteiger partial charge on any atom is 0.252 e. The molecule has 6 heteroatoms. The van der Waals surface area contributed by atoms with Gasteiger partial charge in [-0.15, -0.1) is 12.4 Å². The fourth-order valence-electron chi connectivity index (χ4n) is 6.99. The Morgan fingerprint density at radius 2 is 1.69 bits per heavy atom. The molecule has 0 spiro atoms. The molecule has 1 aromatic carbocycles. The van der Waals surface area contributed by atoms with Gasteiger partial charge in [0.1, 0.15) is 0 Å². The molecule has 4 nitrogen and oxygen atoms in total. The quantitative estimate of drug-likeness (QED) is 0.657. The molecule has 3 N–H and O–H groups in total. The second-order valence-electron chi connectivity index (χ2n) is 10.1. The molecule has 1 amide bonds. The molecule has 4 bridgehead atoms. The third kappa shape index (κ3) is 4.06. The van der Waals surface area contributed by atoms with E-state index in [1.807, 2.05) is 12.1 Å².